The van der Waals surface area contributed by atoms with Gasteiger partial charge in [-0.15, -0.1) is 0 Å². The van der Waals surface area contributed by atoms with Gasteiger partial charge in [0.05, 0.1) is 22.8 Å². The molecule has 7 nitrogen and oxygen atoms in total. The first kappa shape index (κ1) is 23.5. The maximum Gasteiger partial charge on any atom is 0.248 e. The van der Waals surface area contributed by atoms with E-state index in [-0.39, 0.29) is 10.9 Å². The fraction of sp³-hybridized carbons (Fsp3) is 0.346. The lowest BCUT2D eigenvalue weighted by molar-refractivity contribution is -0.112. The number of halogens is 2. The molecule has 5 rings (SSSR count). The quantitative estimate of drug-likeness (QED) is 0.360. The van der Waals surface area contributed by atoms with Crippen LogP contribution in [0.5, 0.6) is 5.75 Å². The first-order valence-electron chi connectivity index (χ1n) is 11.9. The number of anilines is 3. The van der Waals surface area contributed by atoms with E-state index in [0.29, 0.717) is 52.3 Å². The van der Waals surface area contributed by atoms with Crippen molar-refractivity contribution in [2.24, 2.45) is 11.8 Å². The van der Waals surface area contributed by atoms with Crippen molar-refractivity contribution in [1.82, 2.24) is 15.3 Å². The van der Waals surface area contributed by atoms with Crippen molar-refractivity contribution in [3.8, 4) is 5.75 Å². The number of amides is 1. The number of rotatable bonds is 8. The third-order valence-corrected chi connectivity index (χ3v) is 6.54. The number of ether oxygens (including phenoxy) is 1. The summed E-state index contributed by atoms with van der Waals surface area (Å²) in [5, 5.41) is 10.2. The molecule has 2 aromatic carbocycles. The van der Waals surface area contributed by atoms with Gasteiger partial charge in [-0.1, -0.05) is 17.7 Å². The van der Waals surface area contributed by atoms with Crippen LogP contribution in [-0.2, 0) is 4.79 Å². The number of carbonyl (C=O) groups excluding carboxylic acids is 1. The topological polar surface area (TPSA) is 88.2 Å². The molecular weight excluding hydrogens is 469 g/mol. The zero-order valence-corrected chi connectivity index (χ0v) is 19.9. The van der Waals surface area contributed by atoms with Gasteiger partial charge >= 0.3 is 0 Å². The van der Waals surface area contributed by atoms with Crippen molar-refractivity contribution in [1.29, 1.82) is 0 Å². The zero-order chi connectivity index (χ0) is 24.2. The number of fused-ring (bicyclic) bond motifs is 1. The van der Waals surface area contributed by atoms with Crippen LogP contribution in [0.4, 0.5) is 21.6 Å². The van der Waals surface area contributed by atoms with Gasteiger partial charge in [-0.25, -0.2) is 14.4 Å². The van der Waals surface area contributed by atoms with E-state index in [4.69, 9.17) is 16.3 Å². The van der Waals surface area contributed by atoms with Crippen molar-refractivity contribution in [2.75, 3.05) is 30.3 Å². The van der Waals surface area contributed by atoms with Crippen LogP contribution in [0.25, 0.3) is 10.9 Å². The molecule has 2 aliphatic rings. The van der Waals surface area contributed by atoms with Crippen molar-refractivity contribution < 1.29 is 13.9 Å². The molecule has 1 saturated carbocycles. The van der Waals surface area contributed by atoms with Gasteiger partial charge in [0.15, 0.2) is 0 Å². The lowest BCUT2D eigenvalue weighted by atomic mass is 9.98. The van der Waals surface area contributed by atoms with E-state index in [9.17, 15) is 9.18 Å². The predicted molar refractivity (Wildman–Crippen MR) is 136 cm³/mol. The number of aromatic nitrogens is 2. The van der Waals surface area contributed by atoms with Gasteiger partial charge < -0.3 is 20.7 Å². The summed E-state index contributed by atoms with van der Waals surface area (Å²) in [6.45, 7) is 2.54. The summed E-state index contributed by atoms with van der Waals surface area (Å²) in [6.07, 6.45) is 9.39. The summed E-state index contributed by atoms with van der Waals surface area (Å²) in [5.74, 6) is 1.33. The molecule has 1 amide bonds. The molecule has 0 atom stereocenters. The van der Waals surface area contributed by atoms with E-state index in [1.165, 1.54) is 18.5 Å². The minimum absolute atomic E-state index is 0.0117. The monoisotopic (exact) mass is 495 g/mol. The number of nitrogens with one attached hydrogen (secondary N) is 3. The van der Waals surface area contributed by atoms with Gasteiger partial charge in [0.2, 0.25) is 5.91 Å². The second-order valence-corrected chi connectivity index (χ2v) is 9.44. The number of nitrogens with zero attached hydrogens (tertiary/aromatic N) is 2. The van der Waals surface area contributed by atoms with Crippen molar-refractivity contribution in [3.63, 3.8) is 0 Å². The molecule has 9 heteroatoms. The summed E-state index contributed by atoms with van der Waals surface area (Å²) in [6, 6.07) is 7.98. The fourth-order valence-electron chi connectivity index (χ4n) is 4.04. The van der Waals surface area contributed by atoms with Crippen LogP contribution in [0.1, 0.15) is 25.7 Å². The standard InChI is InChI=1S/C26H27ClFN5O2/c27-20-11-18(4-5-21(20)28)32-26-19-12-23(33-25(34)6-3-16-7-9-29-10-8-16)24(35-14-17-1-2-17)13-22(19)30-15-31-26/h3-6,11-13,15-17,29H,1-2,7-10,14H2,(H,33,34)(H,30,31,32). The highest BCUT2D eigenvalue weighted by atomic mass is 35.5. The zero-order valence-electron chi connectivity index (χ0n) is 19.2. The average Bonchev–Trinajstić information content (AvgIpc) is 3.69. The minimum atomic E-state index is -0.496. The molecule has 0 unspecified atom stereocenters. The number of benzene rings is 2. The number of piperidine rings is 1. The maximum atomic E-state index is 13.6. The van der Waals surface area contributed by atoms with Crippen molar-refractivity contribution >= 4 is 45.6 Å². The normalized spacial score (nSPS) is 16.5. The first-order chi connectivity index (χ1) is 17.0. The summed E-state index contributed by atoms with van der Waals surface area (Å²) >= 11 is 5.93. The molecule has 1 aromatic heterocycles. The highest BCUT2D eigenvalue weighted by Gasteiger charge is 2.23. The molecular formula is C26H27ClFN5O2. The predicted octanol–water partition coefficient (Wildman–Crippen LogP) is 5.45. The van der Waals surface area contributed by atoms with E-state index in [0.717, 1.165) is 38.8 Å². The van der Waals surface area contributed by atoms with E-state index in [1.54, 1.807) is 18.2 Å². The third-order valence-electron chi connectivity index (χ3n) is 6.25. The van der Waals surface area contributed by atoms with Crippen LogP contribution in [0.2, 0.25) is 5.02 Å². The van der Waals surface area contributed by atoms with E-state index < -0.39 is 5.82 Å². The summed E-state index contributed by atoms with van der Waals surface area (Å²) in [7, 11) is 0. The van der Waals surface area contributed by atoms with Crippen LogP contribution in [0.3, 0.4) is 0 Å². The molecule has 35 heavy (non-hydrogen) atoms. The summed E-state index contributed by atoms with van der Waals surface area (Å²) in [5.41, 5.74) is 1.79. The van der Waals surface area contributed by atoms with Gasteiger partial charge in [-0.2, -0.15) is 0 Å². The van der Waals surface area contributed by atoms with Crippen LogP contribution < -0.4 is 20.7 Å². The Kier molecular flexibility index (Phi) is 7.11. The Labute approximate surface area is 208 Å². The molecule has 3 aromatic rings. The summed E-state index contributed by atoms with van der Waals surface area (Å²) < 4.78 is 19.6. The SMILES string of the molecule is O=C(C=CC1CCNCC1)Nc1cc2c(Nc3ccc(F)c(Cl)c3)ncnc2cc1OCC1CC1. The van der Waals surface area contributed by atoms with Gasteiger partial charge in [0.1, 0.15) is 23.7 Å². The number of allylic oxidation sites excluding steroid dienone is 1. The van der Waals surface area contributed by atoms with Crippen LogP contribution in [0.15, 0.2) is 48.8 Å². The van der Waals surface area contributed by atoms with Gasteiger partial charge in [-0.3, -0.25) is 4.79 Å². The Bertz CT molecular complexity index is 1260. The number of hydrogen-bond acceptors (Lipinski definition) is 6. The Morgan fingerprint density at radius 1 is 1.17 bits per heavy atom. The average molecular weight is 496 g/mol. The molecule has 0 bridgehead atoms. The highest BCUT2D eigenvalue weighted by molar-refractivity contribution is 6.31. The first-order valence-corrected chi connectivity index (χ1v) is 12.3. The molecule has 0 radical (unpaired) electrons. The molecule has 1 aliphatic heterocycles. The molecule has 3 N–H and O–H groups in total. The number of hydrogen-bond donors (Lipinski definition) is 3. The van der Waals surface area contributed by atoms with Gasteiger partial charge in [0.25, 0.3) is 0 Å². The highest BCUT2D eigenvalue weighted by Crippen LogP contribution is 2.36. The molecule has 2 heterocycles. The Hall–Kier alpha value is -3.23. The van der Waals surface area contributed by atoms with E-state index >= 15 is 0 Å². The lowest BCUT2D eigenvalue weighted by Gasteiger charge is -2.19. The Morgan fingerprint density at radius 3 is 2.77 bits per heavy atom. The summed E-state index contributed by atoms with van der Waals surface area (Å²) in [4.78, 5) is 21.5. The van der Waals surface area contributed by atoms with E-state index in [1.807, 2.05) is 12.1 Å². The Morgan fingerprint density at radius 2 is 2.00 bits per heavy atom. The maximum absolute atomic E-state index is 13.6. The van der Waals surface area contributed by atoms with Crippen molar-refractivity contribution in [2.45, 2.75) is 25.7 Å². The fourth-order valence-corrected chi connectivity index (χ4v) is 4.22. The smallest absolute Gasteiger partial charge is 0.248 e. The second kappa shape index (κ2) is 10.6. The van der Waals surface area contributed by atoms with E-state index in [2.05, 4.69) is 25.9 Å². The molecule has 182 valence electrons. The third kappa shape index (κ3) is 6.07. The lowest BCUT2D eigenvalue weighted by Crippen LogP contribution is -2.27. The van der Waals surface area contributed by atoms with Crippen LogP contribution in [-0.4, -0.2) is 35.6 Å². The number of carbonyl (C=O) groups is 1. The molecule has 0 spiro atoms. The molecule has 1 aliphatic carbocycles. The molecule has 1 saturated heterocycles. The minimum Gasteiger partial charge on any atom is -0.491 e. The van der Waals surface area contributed by atoms with Crippen LogP contribution in [0, 0.1) is 17.7 Å². The Balaban J connectivity index is 1.42. The van der Waals surface area contributed by atoms with Crippen molar-refractivity contribution in [3.05, 3.63) is 59.7 Å². The van der Waals surface area contributed by atoms with Gasteiger partial charge in [0, 0.05) is 17.1 Å². The largest absolute Gasteiger partial charge is 0.491 e. The molecule has 2 fully saturated rings. The van der Waals surface area contributed by atoms with Gasteiger partial charge in [-0.05, 0) is 81.0 Å². The second-order valence-electron chi connectivity index (χ2n) is 9.03. The van der Waals surface area contributed by atoms with Crippen LogP contribution >= 0.6 is 11.6 Å².